The van der Waals surface area contributed by atoms with Crippen molar-refractivity contribution in [3.63, 3.8) is 0 Å². The summed E-state index contributed by atoms with van der Waals surface area (Å²) < 4.78 is 12.1. The van der Waals surface area contributed by atoms with Crippen LogP contribution in [0.25, 0.3) is 10.8 Å². The lowest BCUT2D eigenvalue weighted by Gasteiger charge is -2.45. The smallest absolute Gasteiger partial charge is 0.125 e. The Balaban J connectivity index is 1.46. The molecule has 29 heavy (non-hydrogen) atoms. The van der Waals surface area contributed by atoms with Gasteiger partial charge in [0.25, 0.3) is 0 Å². The van der Waals surface area contributed by atoms with Gasteiger partial charge in [-0.25, -0.2) is 0 Å². The largest absolute Gasteiger partial charge is 0.497 e. The number of hydrogen-bond acceptors (Lipinski definition) is 3. The molecule has 2 aliphatic rings. The summed E-state index contributed by atoms with van der Waals surface area (Å²) >= 11 is 0. The molecule has 1 saturated carbocycles. The summed E-state index contributed by atoms with van der Waals surface area (Å²) in [7, 11) is 1.73. The first-order valence-corrected chi connectivity index (χ1v) is 10.8. The molecule has 3 heteroatoms. The molecule has 0 radical (unpaired) electrons. The van der Waals surface area contributed by atoms with Crippen LogP contribution in [0.15, 0.2) is 60.7 Å². The lowest BCUT2D eigenvalue weighted by Crippen LogP contribution is -2.45. The number of fused-ring (bicyclic) bond motifs is 2. The van der Waals surface area contributed by atoms with Gasteiger partial charge in [0.2, 0.25) is 0 Å². The standard InChI is InChI=1S/C26H29NO2/c1-28-21-12-13-25-23(16-21)24(17-26(29-25)14-5-2-6-15-26)27-18-20-10-7-9-19-8-3-4-11-22(19)20/h3-4,7-13,16,24,27H,2,5-6,14-15,17-18H2,1H3/t24-/m1/s1. The Hall–Kier alpha value is -2.52. The highest BCUT2D eigenvalue weighted by Crippen LogP contribution is 2.47. The van der Waals surface area contributed by atoms with Gasteiger partial charge in [-0.3, -0.25) is 0 Å². The summed E-state index contributed by atoms with van der Waals surface area (Å²) in [6.07, 6.45) is 7.20. The van der Waals surface area contributed by atoms with E-state index in [0.29, 0.717) is 0 Å². The third-order valence-electron chi connectivity index (χ3n) is 6.68. The summed E-state index contributed by atoms with van der Waals surface area (Å²) in [6.45, 7) is 0.846. The van der Waals surface area contributed by atoms with Gasteiger partial charge in [0.15, 0.2) is 0 Å². The minimum Gasteiger partial charge on any atom is -0.497 e. The Kier molecular flexibility index (Phi) is 4.92. The maximum Gasteiger partial charge on any atom is 0.125 e. The topological polar surface area (TPSA) is 30.5 Å². The SMILES string of the molecule is COc1ccc2c(c1)[C@H](NCc1cccc3ccccc13)CC1(CCCCC1)O2. The Labute approximate surface area is 173 Å². The molecule has 1 aliphatic carbocycles. The fourth-order valence-corrected chi connectivity index (χ4v) is 5.14. The van der Waals surface area contributed by atoms with Gasteiger partial charge in [-0.2, -0.15) is 0 Å². The van der Waals surface area contributed by atoms with Crippen LogP contribution in [-0.4, -0.2) is 12.7 Å². The molecule has 0 bridgehead atoms. The normalized spacial score (nSPS) is 20.2. The monoisotopic (exact) mass is 387 g/mol. The van der Waals surface area contributed by atoms with Crippen LogP contribution in [0, 0.1) is 0 Å². The van der Waals surface area contributed by atoms with Gasteiger partial charge in [-0.15, -0.1) is 0 Å². The molecule has 3 aromatic carbocycles. The molecule has 5 rings (SSSR count). The fourth-order valence-electron chi connectivity index (χ4n) is 5.14. The van der Waals surface area contributed by atoms with E-state index in [2.05, 4.69) is 59.9 Å². The highest BCUT2D eigenvalue weighted by atomic mass is 16.5. The van der Waals surface area contributed by atoms with Gasteiger partial charge in [0.05, 0.1) is 7.11 Å². The Bertz CT molecular complexity index is 1000. The van der Waals surface area contributed by atoms with E-state index < -0.39 is 0 Å². The lowest BCUT2D eigenvalue weighted by atomic mass is 9.77. The van der Waals surface area contributed by atoms with Gasteiger partial charge in [-0.05, 0) is 60.2 Å². The second kappa shape index (κ2) is 7.72. The number of hydrogen-bond donors (Lipinski definition) is 1. The van der Waals surface area contributed by atoms with Crippen molar-refractivity contribution >= 4 is 10.8 Å². The molecular weight excluding hydrogens is 358 g/mol. The minimum atomic E-state index is -0.0176. The van der Waals surface area contributed by atoms with E-state index >= 15 is 0 Å². The predicted octanol–water partition coefficient (Wildman–Crippen LogP) is 6.16. The third kappa shape index (κ3) is 3.60. The van der Waals surface area contributed by atoms with Crippen LogP contribution in [-0.2, 0) is 6.54 Å². The molecule has 1 aliphatic heterocycles. The molecule has 0 aromatic heterocycles. The number of methoxy groups -OCH3 is 1. The van der Waals surface area contributed by atoms with Crippen LogP contribution in [0.5, 0.6) is 11.5 Å². The molecule has 0 saturated heterocycles. The molecule has 1 N–H and O–H groups in total. The van der Waals surface area contributed by atoms with E-state index in [1.165, 1.54) is 41.2 Å². The lowest BCUT2D eigenvalue weighted by molar-refractivity contribution is -0.00299. The molecule has 3 aromatic rings. The van der Waals surface area contributed by atoms with Crippen LogP contribution in [0.2, 0.25) is 0 Å². The first-order valence-electron chi connectivity index (χ1n) is 10.8. The van der Waals surface area contributed by atoms with Gasteiger partial charge < -0.3 is 14.8 Å². The van der Waals surface area contributed by atoms with Crippen LogP contribution in [0.1, 0.15) is 55.7 Å². The average Bonchev–Trinajstić information content (AvgIpc) is 2.77. The molecule has 0 unspecified atom stereocenters. The van der Waals surface area contributed by atoms with Crippen molar-refractivity contribution in [3.8, 4) is 11.5 Å². The van der Waals surface area contributed by atoms with Crippen LogP contribution >= 0.6 is 0 Å². The van der Waals surface area contributed by atoms with Crippen molar-refractivity contribution in [3.05, 3.63) is 71.8 Å². The minimum absolute atomic E-state index is 0.0176. The Morgan fingerprint density at radius 3 is 2.69 bits per heavy atom. The zero-order chi connectivity index (χ0) is 19.7. The molecule has 1 heterocycles. The first kappa shape index (κ1) is 18.5. The summed E-state index contributed by atoms with van der Waals surface area (Å²) in [4.78, 5) is 0. The van der Waals surface area contributed by atoms with E-state index in [1.807, 2.05) is 6.07 Å². The Morgan fingerprint density at radius 2 is 1.83 bits per heavy atom. The van der Waals surface area contributed by atoms with Gasteiger partial charge in [0, 0.05) is 24.6 Å². The maximum atomic E-state index is 6.62. The quantitative estimate of drug-likeness (QED) is 0.581. The van der Waals surface area contributed by atoms with Gasteiger partial charge in [0.1, 0.15) is 17.1 Å². The number of ether oxygens (including phenoxy) is 2. The van der Waals surface area contributed by atoms with Crippen molar-refractivity contribution < 1.29 is 9.47 Å². The van der Waals surface area contributed by atoms with Crippen molar-refractivity contribution in [2.24, 2.45) is 0 Å². The van der Waals surface area contributed by atoms with E-state index in [0.717, 1.165) is 37.3 Å². The van der Waals surface area contributed by atoms with E-state index in [1.54, 1.807) is 7.11 Å². The van der Waals surface area contributed by atoms with Crippen molar-refractivity contribution in [2.45, 2.75) is 56.7 Å². The summed E-state index contributed by atoms with van der Waals surface area (Å²) in [5, 5.41) is 6.50. The van der Waals surface area contributed by atoms with E-state index in [-0.39, 0.29) is 11.6 Å². The molecule has 1 fully saturated rings. The van der Waals surface area contributed by atoms with Crippen molar-refractivity contribution in [2.75, 3.05) is 7.11 Å². The summed E-state index contributed by atoms with van der Waals surface area (Å²) in [5.41, 5.74) is 2.55. The zero-order valence-electron chi connectivity index (χ0n) is 17.1. The van der Waals surface area contributed by atoms with Crippen LogP contribution in [0.4, 0.5) is 0 Å². The number of nitrogens with one attached hydrogen (secondary N) is 1. The van der Waals surface area contributed by atoms with E-state index in [9.17, 15) is 0 Å². The highest BCUT2D eigenvalue weighted by molar-refractivity contribution is 5.85. The Morgan fingerprint density at radius 1 is 1.00 bits per heavy atom. The molecule has 3 nitrogen and oxygen atoms in total. The van der Waals surface area contributed by atoms with Crippen LogP contribution in [0.3, 0.4) is 0 Å². The first-order chi connectivity index (χ1) is 14.3. The van der Waals surface area contributed by atoms with Gasteiger partial charge in [-0.1, -0.05) is 48.9 Å². The second-order valence-corrected chi connectivity index (χ2v) is 8.53. The molecule has 0 amide bonds. The zero-order valence-corrected chi connectivity index (χ0v) is 17.1. The molecule has 1 atom stereocenters. The fraction of sp³-hybridized carbons (Fsp3) is 0.385. The van der Waals surface area contributed by atoms with E-state index in [4.69, 9.17) is 9.47 Å². The third-order valence-corrected chi connectivity index (χ3v) is 6.68. The summed E-state index contributed by atoms with van der Waals surface area (Å²) in [6, 6.07) is 21.7. The van der Waals surface area contributed by atoms with Crippen LogP contribution < -0.4 is 14.8 Å². The van der Waals surface area contributed by atoms with Gasteiger partial charge >= 0.3 is 0 Å². The predicted molar refractivity (Wildman–Crippen MR) is 118 cm³/mol. The number of benzene rings is 3. The maximum absolute atomic E-state index is 6.62. The van der Waals surface area contributed by atoms with Crippen molar-refractivity contribution in [1.29, 1.82) is 0 Å². The molecular formula is C26H29NO2. The van der Waals surface area contributed by atoms with Crippen molar-refractivity contribution in [1.82, 2.24) is 5.32 Å². The summed E-state index contributed by atoms with van der Waals surface area (Å²) in [5.74, 6) is 1.92. The molecule has 1 spiro atoms. The molecule has 150 valence electrons. The number of rotatable bonds is 4. The highest BCUT2D eigenvalue weighted by Gasteiger charge is 2.41. The average molecular weight is 388 g/mol. The second-order valence-electron chi connectivity index (χ2n) is 8.53.